The molecule has 0 aromatic rings. The third kappa shape index (κ3) is 1.25. The van der Waals surface area contributed by atoms with Crippen molar-refractivity contribution >= 4 is 11.6 Å². The monoisotopic (exact) mass is 282 g/mol. The summed E-state index contributed by atoms with van der Waals surface area (Å²) >= 11 is 4.05. The molecule has 1 fully saturated rings. The van der Waals surface area contributed by atoms with Gasteiger partial charge in [-0.25, -0.2) is 0 Å². The normalized spacial score (nSPS) is 33.4. The minimum Gasteiger partial charge on any atom is -0.298 e. The van der Waals surface area contributed by atoms with Crippen molar-refractivity contribution in [1.82, 2.24) is 0 Å². The molecule has 1 aliphatic rings. The van der Waals surface area contributed by atoms with Gasteiger partial charge in [-0.3, -0.25) is 4.74 Å². The molecule has 1 rings (SSSR count). The highest BCUT2D eigenvalue weighted by Crippen LogP contribution is 2.68. The van der Waals surface area contributed by atoms with Crippen LogP contribution in [0.5, 0.6) is 0 Å². The SMILES string of the molecule is FC(F)(F)C1(C(F)(F)F)OC(F)(Cl)C1(F)F. The summed E-state index contributed by atoms with van der Waals surface area (Å²) in [6.45, 7) is 0. The molecule has 0 spiro atoms. The quantitative estimate of drug-likeness (QED) is 0.489. The molecule has 0 radical (unpaired) electrons. The van der Waals surface area contributed by atoms with E-state index in [0.717, 1.165) is 0 Å². The van der Waals surface area contributed by atoms with Crippen molar-refractivity contribution in [1.29, 1.82) is 0 Å². The van der Waals surface area contributed by atoms with E-state index in [2.05, 4.69) is 16.3 Å². The number of rotatable bonds is 0. The first kappa shape index (κ1) is 13.7. The molecule has 0 saturated carbocycles. The van der Waals surface area contributed by atoms with Crippen LogP contribution in [0.25, 0.3) is 0 Å². The van der Waals surface area contributed by atoms with Crippen LogP contribution < -0.4 is 0 Å². The fraction of sp³-hybridized carbons (Fsp3) is 1.00. The van der Waals surface area contributed by atoms with Crippen LogP contribution in [0.15, 0.2) is 0 Å². The van der Waals surface area contributed by atoms with E-state index in [1.807, 2.05) is 0 Å². The second-order valence-corrected chi connectivity index (χ2v) is 3.36. The van der Waals surface area contributed by atoms with Crippen molar-refractivity contribution in [2.24, 2.45) is 0 Å². The summed E-state index contributed by atoms with van der Waals surface area (Å²) in [7, 11) is 0. The minimum atomic E-state index is -6.56. The molecule has 0 amide bonds. The van der Waals surface area contributed by atoms with Gasteiger partial charge in [-0.1, -0.05) is 0 Å². The Bertz CT molecular complexity index is 288. The van der Waals surface area contributed by atoms with Gasteiger partial charge in [-0.2, -0.15) is 39.5 Å². The number of ether oxygens (including phenoxy) is 1. The third-order valence-electron chi connectivity index (χ3n) is 1.89. The Morgan fingerprint density at radius 3 is 1.19 bits per heavy atom. The topological polar surface area (TPSA) is 9.23 Å². The lowest BCUT2D eigenvalue weighted by Gasteiger charge is -2.54. The molecule has 16 heavy (non-hydrogen) atoms. The number of hydrogen-bond donors (Lipinski definition) is 0. The fourth-order valence-electron chi connectivity index (χ4n) is 1.11. The lowest BCUT2D eigenvalue weighted by Crippen LogP contribution is -2.84. The van der Waals surface area contributed by atoms with E-state index in [4.69, 9.17) is 0 Å². The van der Waals surface area contributed by atoms with Crippen molar-refractivity contribution < 1.29 is 44.3 Å². The molecule has 1 nitrogen and oxygen atoms in total. The summed E-state index contributed by atoms with van der Waals surface area (Å²) in [4.78, 5) is 0. The van der Waals surface area contributed by atoms with Gasteiger partial charge in [-0.05, 0) is 11.6 Å². The van der Waals surface area contributed by atoms with Crippen LogP contribution in [0, 0.1) is 0 Å². The Labute approximate surface area is 86.1 Å². The van der Waals surface area contributed by atoms with Gasteiger partial charge in [0.2, 0.25) is 0 Å². The van der Waals surface area contributed by atoms with E-state index in [-0.39, 0.29) is 0 Å². The highest BCUT2D eigenvalue weighted by molar-refractivity contribution is 6.23. The molecule has 1 aliphatic heterocycles. The number of hydrogen-bond acceptors (Lipinski definition) is 1. The van der Waals surface area contributed by atoms with E-state index in [1.54, 1.807) is 0 Å². The predicted molar refractivity (Wildman–Crippen MR) is 30.6 cm³/mol. The Morgan fingerprint density at radius 2 is 1.12 bits per heavy atom. The molecule has 1 unspecified atom stereocenters. The van der Waals surface area contributed by atoms with Crippen LogP contribution >= 0.6 is 11.6 Å². The van der Waals surface area contributed by atoms with Gasteiger partial charge >= 0.3 is 29.2 Å². The van der Waals surface area contributed by atoms with Gasteiger partial charge in [0.05, 0.1) is 0 Å². The minimum absolute atomic E-state index is 2.56. The second kappa shape index (κ2) is 2.89. The van der Waals surface area contributed by atoms with Crippen LogP contribution in [-0.2, 0) is 4.74 Å². The molecule has 96 valence electrons. The average Bonchev–Trinajstić information content (AvgIpc) is 1.94. The Hall–Kier alpha value is -0.380. The van der Waals surface area contributed by atoms with Crippen LogP contribution in [-0.4, -0.2) is 29.2 Å². The van der Waals surface area contributed by atoms with Gasteiger partial charge in [0.15, 0.2) is 0 Å². The fourth-order valence-corrected chi connectivity index (χ4v) is 1.36. The maximum Gasteiger partial charge on any atom is 0.433 e. The first-order valence-electron chi connectivity index (χ1n) is 3.30. The Kier molecular flexibility index (Phi) is 2.47. The van der Waals surface area contributed by atoms with Gasteiger partial charge in [0.1, 0.15) is 0 Å². The van der Waals surface area contributed by atoms with Crippen molar-refractivity contribution in [2.45, 2.75) is 29.2 Å². The zero-order valence-electron chi connectivity index (χ0n) is 6.69. The first-order valence-corrected chi connectivity index (χ1v) is 3.68. The molecular formula is C5ClF9O. The standard InChI is InChI=1S/C5ClF9O/c6-3(9)2(7,8)1(16-3,4(10,11)12)5(13,14)15. The maximum atomic E-state index is 12.6. The lowest BCUT2D eigenvalue weighted by molar-refractivity contribution is -0.550. The van der Waals surface area contributed by atoms with Gasteiger partial charge in [0, 0.05) is 0 Å². The second-order valence-electron chi connectivity index (χ2n) is 2.87. The molecule has 11 heteroatoms. The third-order valence-corrected chi connectivity index (χ3v) is 2.20. The van der Waals surface area contributed by atoms with Crippen LogP contribution in [0.2, 0.25) is 0 Å². The largest absolute Gasteiger partial charge is 0.433 e. The Morgan fingerprint density at radius 1 is 0.812 bits per heavy atom. The summed E-state index contributed by atoms with van der Waals surface area (Å²) in [5.74, 6) is -5.97. The Balaban J connectivity index is 3.35. The van der Waals surface area contributed by atoms with Crippen molar-refractivity contribution in [3.63, 3.8) is 0 Å². The van der Waals surface area contributed by atoms with Crippen molar-refractivity contribution in [3.8, 4) is 0 Å². The van der Waals surface area contributed by atoms with E-state index in [0.29, 0.717) is 0 Å². The van der Waals surface area contributed by atoms with Crippen LogP contribution in [0.3, 0.4) is 0 Å². The molecule has 1 heterocycles. The molecule has 0 aromatic heterocycles. The van der Waals surface area contributed by atoms with Crippen molar-refractivity contribution in [3.05, 3.63) is 0 Å². The van der Waals surface area contributed by atoms with Gasteiger partial charge in [-0.15, -0.1) is 0 Å². The molecule has 1 saturated heterocycles. The molecule has 0 bridgehead atoms. The van der Waals surface area contributed by atoms with Crippen molar-refractivity contribution in [2.75, 3.05) is 0 Å². The average molecular weight is 282 g/mol. The van der Waals surface area contributed by atoms with Crippen LogP contribution in [0.1, 0.15) is 0 Å². The zero-order valence-corrected chi connectivity index (χ0v) is 7.44. The lowest BCUT2D eigenvalue weighted by atomic mass is 9.87. The maximum absolute atomic E-state index is 12.6. The summed E-state index contributed by atoms with van der Waals surface area (Å²) in [6, 6.07) is 0. The highest BCUT2D eigenvalue weighted by Gasteiger charge is 2.98. The molecule has 1 atom stereocenters. The molecule has 0 aromatic carbocycles. The van der Waals surface area contributed by atoms with Crippen LogP contribution in [0.4, 0.5) is 39.5 Å². The van der Waals surface area contributed by atoms with E-state index >= 15 is 0 Å². The van der Waals surface area contributed by atoms with E-state index in [9.17, 15) is 39.5 Å². The summed E-state index contributed by atoms with van der Waals surface area (Å²) in [6.07, 6.45) is -13.1. The summed E-state index contributed by atoms with van der Waals surface area (Å²) in [5, 5.41) is -4.84. The summed E-state index contributed by atoms with van der Waals surface area (Å²) < 4.78 is 112. The first-order chi connectivity index (χ1) is 6.71. The number of alkyl halides is 10. The smallest absolute Gasteiger partial charge is 0.298 e. The molecule has 0 aliphatic carbocycles. The molecular weight excluding hydrogens is 282 g/mol. The van der Waals surface area contributed by atoms with Gasteiger partial charge in [0.25, 0.3) is 0 Å². The van der Waals surface area contributed by atoms with Gasteiger partial charge < -0.3 is 0 Å². The van der Waals surface area contributed by atoms with E-state index in [1.165, 1.54) is 0 Å². The highest BCUT2D eigenvalue weighted by atomic mass is 35.5. The van der Waals surface area contributed by atoms with E-state index < -0.39 is 29.2 Å². The number of halogens is 10. The predicted octanol–water partition coefficient (Wildman–Crippen LogP) is 3.38. The summed E-state index contributed by atoms with van der Waals surface area (Å²) in [5.41, 5.74) is -5.91. The zero-order chi connectivity index (χ0) is 13.2. The molecule has 0 N–H and O–H groups in total.